The number of methoxy groups -OCH3 is 1. The molecule has 3 heterocycles. The van der Waals surface area contributed by atoms with Gasteiger partial charge in [0.25, 0.3) is 0 Å². The zero-order valence-electron chi connectivity index (χ0n) is 23.1. The minimum absolute atomic E-state index is 0.0652. The molecule has 5 rings (SSSR count). The molecular formula is C29H33ClFN7O3. The molecule has 1 atom stereocenters. The highest BCUT2D eigenvalue weighted by Crippen LogP contribution is 2.41. The van der Waals surface area contributed by atoms with Gasteiger partial charge in [-0.15, -0.1) is 0 Å². The van der Waals surface area contributed by atoms with Gasteiger partial charge in [0.1, 0.15) is 23.7 Å². The topological polar surface area (TPSA) is 95.1 Å². The third kappa shape index (κ3) is 6.22. The minimum Gasteiger partial charge on any atom is -0.494 e. The predicted octanol–water partition coefficient (Wildman–Crippen LogP) is 5.17. The average molecular weight is 582 g/mol. The first-order valence-corrected chi connectivity index (χ1v) is 13.9. The highest BCUT2D eigenvalue weighted by atomic mass is 35.5. The summed E-state index contributed by atoms with van der Waals surface area (Å²) in [5.41, 5.74) is 2.71. The van der Waals surface area contributed by atoms with E-state index in [9.17, 15) is 9.18 Å². The van der Waals surface area contributed by atoms with Gasteiger partial charge in [-0.3, -0.25) is 9.63 Å². The Morgan fingerprint density at radius 1 is 1.22 bits per heavy atom. The van der Waals surface area contributed by atoms with Crippen LogP contribution in [-0.2, 0) is 9.63 Å². The van der Waals surface area contributed by atoms with Crippen molar-refractivity contribution in [1.82, 2.24) is 14.9 Å². The summed E-state index contributed by atoms with van der Waals surface area (Å²) in [6.07, 6.45) is 3.27. The van der Waals surface area contributed by atoms with E-state index in [1.54, 1.807) is 30.4 Å². The van der Waals surface area contributed by atoms with Gasteiger partial charge in [-0.2, -0.15) is 0 Å². The monoisotopic (exact) mass is 581 g/mol. The minimum atomic E-state index is -0.483. The smallest absolute Gasteiger partial charge is 0.247 e. The number of nitrogens with one attached hydrogen (secondary N) is 2. The van der Waals surface area contributed by atoms with Crippen molar-refractivity contribution < 1.29 is 18.8 Å². The van der Waals surface area contributed by atoms with Crippen LogP contribution in [0.25, 0.3) is 0 Å². The number of benzene rings is 2. The van der Waals surface area contributed by atoms with Crippen LogP contribution in [0.1, 0.15) is 24.9 Å². The molecule has 0 radical (unpaired) electrons. The molecule has 1 aromatic heterocycles. The number of rotatable bonds is 9. The maximum atomic E-state index is 14.2. The molecule has 41 heavy (non-hydrogen) atoms. The second kappa shape index (κ2) is 12.7. The van der Waals surface area contributed by atoms with Gasteiger partial charge in [-0.1, -0.05) is 37.2 Å². The van der Waals surface area contributed by atoms with Crippen LogP contribution in [0.3, 0.4) is 0 Å². The quantitative estimate of drug-likeness (QED) is 0.332. The van der Waals surface area contributed by atoms with Crippen molar-refractivity contribution in [2.45, 2.75) is 19.4 Å². The lowest BCUT2D eigenvalue weighted by molar-refractivity contribution is -0.111. The summed E-state index contributed by atoms with van der Waals surface area (Å²) in [6.45, 7) is 10.7. The first-order chi connectivity index (χ1) is 19.9. The van der Waals surface area contributed by atoms with Crippen LogP contribution in [0.15, 0.2) is 55.4 Å². The first-order valence-electron chi connectivity index (χ1n) is 13.5. The van der Waals surface area contributed by atoms with Gasteiger partial charge in [0.15, 0.2) is 5.82 Å². The summed E-state index contributed by atoms with van der Waals surface area (Å²) in [6, 6.07) is 9.89. The largest absolute Gasteiger partial charge is 0.494 e. The second-order valence-corrected chi connectivity index (χ2v) is 10.1. The standard InChI is InChI=1S/C29H33ClFN7O3/c1-4-28(39)35-21-15-22(25(40-3)16-24(21)37-12-10-36(5-2)11-13-37)34-26-17-27(33-18-32-26)38-23(9-14-41-38)19-7-6-8-20(31)29(19)30/h4,6-8,15-18,23H,1,5,9-14H2,2-3H3,(H,35,39)(H,32,33,34). The third-order valence-electron chi connectivity index (χ3n) is 7.31. The van der Waals surface area contributed by atoms with Gasteiger partial charge < -0.3 is 25.2 Å². The maximum Gasteiger partial charge on any atom is 0.247 e. The molecular weight excluding hydrogens is 549 g/mol. The van der Waals surface area contributed by atoms with Gasteiger partial charge in [0.05, 0.1) is 41.8 Å². The number of hydrogen-bond donors (Lipinski definition) is 2. The van der Waals surface area contributed by atoms with E-state index in [-0.39, 0.29) is 17.0 Å². The van der Waals surface area contributed by atoms with E-state index in [2.05, 4.69) is 43.9 Å². The number of anilines is 5. The van der Waals surface area contributed by atoms with E-state index in [4.69, 9.17) is 21.2 Å². The molecule has 0 bridgehead atoms. The Bertz CT molecular complexity index is 1420. The molecule has 2 fully saturated rings. The lowest BCUT2D eigenvalue weighted by Crippen LogP contribution is -2.46. The van der Waals surface area contributed by atoms with E-state index in [0.717, 1.165) is 38.4 Å². The molecule has 12 heteroatoms. The molecule has 0 spiro atoms. The number of ether oxygens (including phenoxy) is 1. The van der Waals surface area contributed by atoms with Crippen LogP contribution < -0.4 is 25.3 Å². The molecule has 2 N–H and O–H groups in total. The lowest BCUT2D eigenvalue weighted by atomic mass is 10.0. The SMILES string of the molecule is C=CC(=O)Nc1cc(Nc2cc(N3OCCC3c3cccc(F)c3Cl)ncn2)c(OC)cc1N1CCN(CC)CC1. The summed E-state index contributed by atoms with van der Waals surface area (Å²) < 4.78 is 19.9. The van der Waals surface area contributed by atoms with Crippen molar-refractivity contribution >= 4 is 46.2 Å². The number of hydroxylamine groups is 1. The fourth-order valence-corrected chi connectivity index (χ4v) is 5.37. The number of carbonyl (C=O) groups is 1. The van der Waals surface area contributed by atoms with Gasteiger partial charge >= 0.3 is 0 Å². The Morgan fingerprint density at radius 3 is 2.76 bits per heavy atom. The van der Waals surface area contributed by atoms with E-state index >= 15 is 0 Å². The Morgan fingerprint density at radius 2 is 2.02 bits per heavy atom. The van der Waals surface area contributed by atoms with Crippen molar-refractivity contribution in [2.24, 2.45) is 0 Å². The van der Waals surface area contributed by atoms with Crippen molar-refractivity contribution in [2.75, 3.05) is 67.0 Å². The van der Waals surface area contributed by atoms with Crippen LogP contribution >= 0.6 is 11.6 Å². The predicted molar refractivity (Wildman–Crippen MR) is 159 cm³/mol. The Labute approximate surface area is 243 Å². The van der Waals surface area contributed by atoms with Gasteiger partial charge in [-0.05, 0) is 30.3 Å². The Hall–Kier alpha value is -3.93. The van der Waals surface area contributed by atoms with E-state index in [1.807, 2.05) is 12.1 Å². The number of likely N-dealkylation sites (N-methyl/N-ethyl adjacent to an activating group) is 1. The van der Waals surface area contributed by atoms with Crippen molar-refractivity contribution in [1.29, 1.82) is 0 Å². The van der Waals surface area contributed by atoms with Crippen molar-refractivity contribution in [3.05, 3.63) is 71.8 Å². The number of amides is 1. The normalized spacial score (nSPS) is 17.4. The second-order valence-electron chi connectivity index (χ2n) is 9.68. The van der Waals surface area contributed by atoms with Crippen LogP contribution in [0.5, 0.6) is 5.75 Å². The molecule has 0 aliphatic carbocycles. The van der Waals surface area contributed by atoms with Crippen molar-refractivity contribution in [3.63, 3.8) is 0 Å². The Balaban J connectivity index is 1.44. The third-order valence-corrected chi connectivity index (χ3v) is 7.71. The molecule has 2 aliphatic rings. The average Bonchev–Trinajstić information content (AvgIpc) is 3.49. The Kier molecular flexibility index (Phi) is 8.87. The molecule has 0 saturated carbocycles. The van der Waals surface area contributed by atoms with Crippen LogP contribution in [0.2, 0.25) is 5.02 Å². The maximum absolute atomic E-state index is 14.2. The molecule has 2 aromatic carbocycles. The number of piperazine rings is 1. The number of hydrogen-bond acceptors (Lipinski definition) is 9. The molecule has 1 unspecified atom stereocenters. The highest BCUT2D eigenvalue weighted by Gasteiger charge is 2.31. The fraction of sp³-hybridized carbons (Fsp3) is 0.345. The highest BCUT2D eigenvalue weighted by molar-refractivity contribution is 6.31. The number of halogens is 2. The number of carbonyl (C=O) groups excluding carboxylic acids is 1. The van der Waals surface area contributed by atoms with E-state index in [1.165, 1.54) is 18.5 Å². The summed E-state index contributed by atoms with van der Waals surface area (Å²) >= 11 is 6.28. The first kappa shape index (κ1) is 28.6. The van der Waals surface area contributed by atoms with Crippen LogP contribution in [0, 0.1) is 5.82 Å². The van der Waals surface area contributed by atoms with Gasteiger partial charge in [0, 0.05) is 44.7 Å². The van der Waals surface area contributed by atoms with Crippen LogP contribution in [0.4, 0.5) is 33.1 Å². The van der Waals surface area contributed by atoms with Gasteiger partial charge in [-0.25, -0.2) is 19.4 Å². The summed E-state index contributed by atoms with van der Waals surface area (Å²) in [7, 11) is 1.60. The van der Waals surface area contributed by atoms with E-state index in [0.29, 0.717) is 47.4 Å². The number of aromatic nitrogens is 2. The van der Waals surface area contributed by atoms with Gasteiger partial charge in [0.2, 0.25) is 5.91 Å². The summed E-state index contributed by atoms with van der Waals surface area (Å²) in [5.74, 6) is 0.736. The molecule has 1 amide bonds. The molecule has 2 saturated heterocycles. The summed E-state index contributed by atoms with van der Waals surface area (Å²) in [5, 5.41) is 7.92. The molecule has 2 aliphatic heterocycles. The fourth-order valence-electron chi connectivity index (χ4n) is 5.12. The van der Waals surface area contributed by atoms with E-state index < -0.39 is 5.82 Å². The number of nitrogens with zero attached hydrogens (tertiary/aromatic N) is 5. The lowest BCUT2D eigenvalue weighted by Gasteiger charge is -2.36. The van der Waals surface area contributed by atoms with Crippen molar-refractivity contribution in [3.8, 4) is 5.75 Å². The zero-order chi connectivity index (χ0) is 28.9. The molecule has 10 nitrogen and oxygen atoms in total. The zero-order valence-corrected chi connectivity index (χ0v) is 23.8. The van der Waals surface area contributed by atoms with Crippen LogP contribution in [-0.4, -0.2) is 67.2 Å². The summed E-state index contributed by atoms with van der Waals surface area (Å²) in [4.78, 5) is 31.6. The molecule has 3 aromatic rings. The molecule has 216 valence electrons.